The van der Waals surface area contributed by atoms with Gasteiger partial charge in [0, 0.05) is 26.2 Å². The van der Waals surface area contributed by atoms with Crippen molar-refractivity contribution < 1.29 is 9.90 Å². The summed E-state index contributed by atoms with van der Waals surface area (Å²) in [7, 11) is 0. The van der Waals surface area contributed by atoms with E-state index >= 15 is 0 Å². The number of carbonyl (C=O) groups is 1. The van der Waals surface area contributed by atoms with Gasteiger partial charge < -0.3 is 10.0 Å². The number of nitrogens with zero attached hydrogens (tertiary/aromatic N) is 2. The Bertz CT molecular complexity index is 193. The van der Waals surface area contributed by atoms with Crippen LogP contribution in [0.25, 0.3) is 0 Å². The molecule has 82 valence electrons. The van der Waals surface area contributed by atoms with Gasteiger partial charge in [-0.3, -0.25) is 9.69 Å². The summed E-state index contributed by atoms with van der Waals surface area (Å²) in [6.45, 7) is 7.46. The van der Waals surface area contributed by atoms with Crippen LogP contribution < -0.4 is 0 Å². The maximum absolute atomic E-state index is 11.7. The molecule has 0 radical (unpaired) electrons. The van der Waals surface area contributed by atoms with Crippen molar-refractivity contribution >= 4 is 5.91 Å². The van der Waals surface area contributed by atoms with E-state index in [1.165, 1.54) is 0 Å². The van der Waals surface area contributed by atoms with Crippen molar-refractivity contribution in [1.29, 1.82) is 0 Å². The third kappa shape index (κ3) is 2.96. The third-order valence-electron chi connectivity index (χ3n) is 2.72. The lowest BCUT2D eigenvalue weighted by molar-refractivity contribution is -0.131. The van der Waals surface area contributed by atoms with Gasteiger partial charge in [0.25, 0.3) is 0 Å². The van der Waals surface area contributed by atoms with Crippen LogP contribution >= 0.6 is 0 Å². The topological polar surface area (TPSA) is 43.8 Å². The predicted octanol–water partition coefficient (Wildman–Crippen LogP) is -0.0786. The number of amides is 1. The Morgan fingerprint density at radius 2 is 2.14 bits per heavy atom. The first-order valence-corrected chi connectivity index (χ1v) is 5.35. The number of carbonyl (C=O) groups excluding carboxylic acids is 1. The van der Waals surface area contributed by atoms with E-state index in [4.69, 9.17) is 0 Å². The third-order valence-corrected chi connectivity index (χ3v) is 2.72. The molecule has 0 aromatic heterocycles. The lowest BCUT2D eigenvalue weighted by atomic mass is 10.3. The average molecular weight is 200 g/mol. The summed E-state index contributed by atoms with van der Waals surface area (Å²) < 4.78 is 0. The van der Waals surface area contributed by atoms with Crippen LogP contribution in [0.3, 0.4) is 0 Å². The molecule has 0 saturated carbocycles. The first-order chi connectivity index (χ1) is 6.67. The van der Waals surface area contributed by atoms with Crippen LogP contribution in [-0.2, 0) is 4.79 Å². The molecule has 1 aliphatic rings. The number of aliphatic hydroxyl groups excluding tert-OH is 1. The minimum atomic E-state index is -0.237. The molecular weight excluding hydrogens is 180 g/mol. The maximum atomic E-state index is 11.7. The van der Waals surface area contributed by atoms with Gasteiger partial charge in [0.05, 0.1) is 12.6 Å². The fourth-order valence-electron chi connectivity index (χ4n) is 1.82. The summed E-state index contributed by atoms with van der Waals surface area (Å²) in [4.78, 5) is 15.5. The summed E-state index contributed by atoms with van der Waals surface area (Å²) in [6, 6.07) is 0. The van der Waals surface area contributed by atoms with Gasteiger partial charge in [-0.05, 0) is 20.3 Å². The minimum absolute atomic E-state index is 0.170. The fourth-order valence-corrected chi connectivity index (χ4v) is 1.82. The van der Waals surface area contributed by atoms with Gasteiger partial charge in [-0.2, -0.15) is 0 Å². The monoisotopic (exact) mass is 200 g/mol. The molecule has 1 atom stereocenters. The van der Waals surface area contributed by atoms with E-state index in [2.05, 4.69) is 0 Å². The molecule has 0 aliphatic carbocycles. The van der Waals surface area contributed by atoms with Crippen LogP contribution in [0.1, 0.15) is 20.3 Å². The van der Waals surface area contributed by atoms with Gasteiger partial charge in [0.2, 0.25) is 5.91 Å². The van der Waals surface area contributed by atoms with E-state index in [1.807, 2.05) is 23.6 Å². The van der Waals surface area contributed by atoms with Crippen LogP contribution in [-0.4, -0.2) is 59.6 Å². The van der Waals surface area contributed by atoms with Crippen LogP contribution in [0.5, 0.6) is 0 Å². The molecule has 4 nitrogen and oxygen atoms in total. The summed E-state index contributed by atoms with van der Waals surface area (Å²) in [5.41, 5.74) is 0. The average Bonchev–Trinajstić information content (AvgIpc) is 2.53. The van der Waals surface area contributed by atoms with E-state index < -0.39 is 0 Å². The highest BCUT2D eigenvalue weighted by Crippen LogP contribution is 2.08. The predicted molar refractivity (Wildman–Crippen MR) is 55.0 cm³/mol. The lowest BCUT2D eigenvalue weighted by Gasteiger charge is -2.22. The molecule has 1 aliphatic heterocycles. The summed E-state index contributed by atoms with van der Waals surface area (Å²) in [5.74, 6) is 0.170. The zero-order chi connectivity index (χ0) is 10.6. The van der Waals surface area contributed by atoms with E-state index in [-0.39, 0.29) is 12.0 Å². The largest absolute Gasteiger partial charge is 0.392 e. The van der Waals surface area contributed by atoms with Crippen molar-refractivity contribution in [2.45, 2.75) is 26.4 Å². The highest BCUT2D eigenvalue weighted by atomic mass is 16.3. The Hall–Kier alpha value is -0.610. The SMILES string of the molecule is CCN(CC)C(=O)CN1CCC(O)C1. The Morgan fingerprint density at radius 3 is 2.57 bits per heavy atom. The number of likely N-dealkylation sites (N-methyl/N-ethyl adjacent to an activating group) is 1. The standard InChI is InChI=1S/C10H20N2O2/c1-3-12(4-2)10(14)8-11-6-5-9(13)7-11/h9,13H,3-8H2,1-2H3. The highest BCUT2D eigenvalue weighted by Gasteiger charge is 2.23. The van der Waals surface area contributed by atoms with E-state index in [9.17, 15) is 9.90 Å². The van der Waals surface area contributed by atoms with Crippen molar-refractivity contribution in [3.63, 3.8) is 0 Å². The Kier molecular flexibility index (Phi) is 4.35. The van der Waals surface area contributed by atoms with Crippen molar-refractivity contribution in [3.05, 3.63) is 0 Å². The molecule has 0 bridgehead atoms. The molecule has 4 heteroatoms. The van der Waals surface area contributed by atoms with Gasteiger partial charge in [-0.15, -0.1) is 0 Å². The normalized spacial score (nSPS) is 22.6. The first kappa shape index (κ1) is 11.5. The number of hydrogen-bond acceptors (Lipinski definition) is 3. The zero-order valence-corrected chi connectivity index (χ0v) is 9.07. The van der Waals surface area contributed by atoms with Crippen LogP contribution in [0.4, 0.5) is 0 Å². The minimum Gasteiger partial charge on any atom is -0.392 e. The Morgan fingerprint density at radius 1 is 1.50 bits per heavy atom. The number of hydrogen-bond donors (Lipinski definition) is 1. The Labute approximate surface area is 85.5 Å². The quantitative estimate of drug-likeness (QED) is 0.690. The Balaban J connectivity index is 2.32. The number of aliphatic hydroxyl groups is 1. The van der Waals surface area contributed by atoms with Gasteiger partial charge in [-0.1, -0.05) is 0 Å². The first-order valence-electron chi connectivity index (χ1n) is 5.35. The number of β-amino-alcohol motifs (C(OH)–C–C–N with tert-alkyl or cyclic N) is 1. The molecule has 1 unspecified atom stereocenters. The number of rotatable bonds is 4. The van der Waals surface area contributed by atoms with Gasteiger partial charge in [0.15, 0.2) is 0 Å². The summed E-state index contributed by atoms with van der Waals surface area (Å²) >= 11 is 0. The van der Waals surface area contributed by atoms with Gasteiger partial charge >= 0.3 is 0 Å². The zero-order valence-electron chi connectivity index (χ0n) is 9.07. The van der Waals surface area contributed by atoms with Crippen molar-refractivity contribution in [2.24, 2.45) is 0 Å². The molecule has 0 spiro atoms. The summed E-state index contributed by atoms with van der Waals surface area (Å²) in [5, 5.41) is 9.30. The van der Waals surface area contributed by atoms with Gasteiger partial charge in [0.1, 0.15) is 0 Å². The number of likely N-dealkylation sites (tertiary alicyclic amines) is 1. The van der Waals surface area contributed by atoms with Crippen LogP contribution in [0.15, 0.2) is 0 Å². The molecule has 1 N–H and O–H groups in total. The molecule has 1 fully saturated rings. The van der Waals surface area contributed by atoms with Crippen LogP contribution in [0.2, 0.25) is 0 Å². The molecule has 1 saturated heterocycles. The molecule has 0 aromatic carbocycles. The van der Waals surface area contributed by atoms with Crippen molar-refractivity contribution in [3.8, 4) is 0 Å². The summed E-state index contributed by atoms with van der Waals surface area (Å²) in [6.07, 6.45) is 0.561. The lowest BCUT2D eigenvalue weighted by Crippen LogP contribution is -2.39. The van der Waals surface area contributed by atoms with Gasteiger partial charge in [-0.25, -0.2) is 0 Å². The van der Waals surface area contributed by atoms with E-state index in [0.717, 1.165) is 26.1 Å². The molecule has 1 heterocycles. The molecule has 14 heavy (non-hydrogen) atoms. The second-order valence-corrected chi connectivity index (χ2v) is 3.74. The highest BCUT2D eigenvalue weighted by molar-refractivity contribution is 5.78. The van der Waals surface area contributed by atoms with Crippen LogP contribution in [0, 0.1) is 0 Å². The molecule has 0 aromatic rings. The molecular formula is C10H20N2O2. The molecule has 1 amide bonds. The molecule has 1 rings (SSSR count). The van der Waals surface area contributed by atoms with E-state index in [1.54, 1.807) is 0 Å². The van der Waals surface area contributed by atoms with Crippen molar-refractivity contribution in [2.75, 3.05) is 32.7 Å². The fraction of sp³-hybridized carbons (Fsp3) is 0.900. The second-order valence-electron chi connectivity index (χ2n) is 3.74. The van der Waals surface area contributed by atoms with Crippen molar-refractivity contribution in [1.82, 2.24) is 9.80 Å². The second kappa shape index (κ2) is 5.32. The smallest absolute Gasteiger partial charge is 0.236 e. The van der Waals surface area contributed by atoms with E-state index in [0.29, 0.717) is 13.1 Å². The maximum Gasteiger partial charge on any atom is 0.236 e.